The van der Waals surface area contributed by atoms with Gasteiger partial charge in [-0.25, -0.2) is 4.72 Å². The van der Waals surface area contributed by atoms with Crippen LogP contribution < -0.4 is 4.72 Å². The van der Waals surface area contributed by atoms with Crippen LogP contribution in [0.25, 0.3) is 0 Å². The van der Waals surface area contributed by atoms with Crippen molar-refractivity contribution in [3.63, 3.8) is 0 Å². The van der Waals surface area contributed by atoms with Crippen molar-refractivity contribution in [1.29, 1.82) is 0 Å². The van der Waals surface area contributed by atoms with Gasteiger partial charge >= 0.3 is 5.97 Å². The van der Waals surface area contributed by atoms with Gasteiger partial charge in [-0.15, -0.1) is 0 Å². The lowest BCUT2D eigenvalue weighted by atomic mass is 10.1. The summed E-state index contributed by atoms with van der Waals surface area (Å²) in [4.78, 5) is 10.2. The Morgan fingerprint density at radius 3 is 2.25 bits per heavy atom. The predicted octanol–water partition coefficient (Wildman–Crippen LogP) is 0.418. The molecule has 0 spiro atoms. The second kappa shape index (κ2) is 7.59. The minimum atomic E-state index is -3.32. The Balaban J connectivity index is 3.44. The van der Waals surface area contributed by atoms with Crippen LogP contribution in [-0.4, -0.2) is 44.4 Å². The highest BCUT2D eigenvalue weighted by Gasteiger charge is 2.10. The summed E-state index contributed by atoms with van der Waals surface area (Å²) in [7, 11) is -0.380. The van der Waals surface area contributed by atoms with E-state index in [4.69, 9.17) is 5.11 Å². The highest BCUT2D eigenvalue weighted by Crippen LogP contribution is 2.02. The lowest BCUT2D eigenvalue weighted by Crippen LogP contribution is -2.36. The van der Waals surface area contributed by atoms with E-state index in [0.717, 1.165) is 23.6 Å². The van der Waals surface area contributed by atoms with Gasteiger partial charge in [0.2, 0.25) is 0 Å². The molecule has 7 heteroatoms. The number of hydrogen-bond donors (Lipinski definition) is 2. The number of hydrogen-bond acceptors (Lipinski definition) is 3. The zero-order chi connectivity index (χ0) is 12.6. The Morgan fingerprint density at radius 2 is 1.75 bits per heavy atom. The van der Waals surface area contributed by atoms with Gasteiger partial charge in [-0.3, -0.25) is 4.79 Å². The number of nitrogens with zero attached hydrogens (tertiary/aromatic N) is 1. The lowest BCUT2D eigenvalue weighted by Gasteiger charge is -2.11. The Kier molecular flexibility index (Phi) is 7.27. The molecule has 0 rings (SSSR count). The van der Waals surface area contributed by atoms with Gasteiger partial charge in [-0.2, -0.15) is 12.7 Å². The second-order valence-corrected chi connectivity index (χ2v) is 5.71. The number of aliphatic carboxylic acids is 1. The molecular formula is C9H20N2O4S. The minimum absolute atomic E-state index is 0.184. The summed E-state index contributed by atoms with van der Waals surface area (Å²) in [6, 6.07) is 0. The van der Waals surface area contributed by atoms with Gasteiger partial charge in [0.15, 0.2) is 0 Å². The summed E-state index contributed by atoms with van der Waals surface area (Å²) >= 11 is 0. The third-order valence-corrected chi connectivity index (χ3v) is 3.61. The first kappa shape index (κ1) is 15.3. The predicted molar refractivity (Wildman–Crippen MR) is 61.3 cm³/mol. The molecule has 0 aromatic carbocycles. The topological polar surface area (TPSA) is 86.7 Å². The summed E-state index contributed by atoms with van der Waals surface area (Å²) < 4.78 is 26.1. The highest BCUT2D eigenvalue weighted by molar-refractivity contribution is 7.87. The van der Waals surface area contributed by atoms with Gasteiger partial charge in [0.05, 0.1) is 0 Å². The molecule has 0 atom stereocenters. The number of carbonyl (C=O) groups is 1. The van der Waals surface area contributed by atoms with E-state index in [0.29, 0.717) is 13.0 Å². The van der Waals surface area contributed by atoms with Crippen molar-refractivity contribution in [2.45, 2.75) is 32.1 Å². The first-order valence-electron chi connectivity index (χ1n) is 5.25. The molecule has 0 aromatic rings. The summed E-state index contributed by atoms with van der Waals surface area (Å²) in [6.07, 6.45) is 3.21. The molecule has 0 aliphatic rings. The zero-order valence-electron chi connectivity index (χ0n) is 9.77. The van der Waals surface area contributed by atoms with Gasteiger partial charge in [0.1, 0.15) is 0 Å². The Hall–Kier alpha value is -0.660. The quantitative estimate of drug-likeness (QED) is 0.582. The number of nitrogens with one attached hydrogen (secondary N) is 1. The zero-order valence-corrected chi connectivity index (χ0v) is 10.6. The van der Waals surface area contributed by atoms with Crippen LogP contribution in [0.4, 0.5) is 0 Å². The Morgan fingerprint density at radius 1 is 1.19 bits per heavy atom. The first-order chi connectivity index (χ1) is 7.36. The molecule has 0 radical (unpaired) electrons. The Bertz CT molecular complexity index is 301. The molecule has 0 aliphatic carbocycles. The third kappa shape index (κ3) is 7.61. The van der Waals surface area contributed by atoms with Gasteiger partial charge in [0.25, 0.3) is 10.2 Å². The molecule has 0 aliphatic heterocycles. The largest absolute Gasteiger partial charge is 0.481 e. The molecule has 0 aromatic heterocycles. The average molecular weight is 252 g/mol. The number of carboxylic acids is 1. The number of unbranched alkanes of at least 4 members (excludes halogenated alkanes) is 3. The fourth-order valence-corrected chi connectivity index (χ4v) is 1.75. The monoisotopic (exact) mass is 252 g/mol. The molecule has 0 saturated heterocycles. The van der Waals surface area contributed by atoms with Gasteiger partial charge < -0.3 is 5.11 Å². The fourth-order valence-electron chi connectivity index (χ4n) is 1.09. The maximum absolute atomic E-state index is 11.2. The molecule has 0 amide bonds. The normalized spacial score (nSPS) is 11.9. The molecule has 0 saturated carbocycles. The standard InChI is InChI=1S/C9H20N2O4S/c1-11(2)16(14,15)10-8-6-4-3-5-7-9(12)13/h10H,3-8H2,1-2H3,(H,12,13). The van der Waals surface area contributed by atoms with E-state index in [2.05, 4.69) is 4.72 Å². The summed E-state index contributed by atoms with van der Waals surface area (Å²) in [5.41, 5.74) is 0. The van der Waals surface area contributed by atoms with Crippen molar-refractivity contribution >= 4 is 16.2 Å². The van der Waals surface area contributed by atoms with Gasteiger partial charge in [-0.05, 0) is 12.8 Å². The van der Waals surface area contributed by atoms with Crippen LogP contribution in [0.1, 0.15) is 32.1 Å². The van der Waals surface area contributed by atoms with Gasteiger partial charge in [-0.1, -0.05) is 12.8 Å². The summed E-state index contributed by atoms with van der Waals surface area (Å²) in [5.74, 6) is -0.784. The molecule has 2 N–H and O–H groups in total. The van der Waals surface area contributed by atoms with Crippen molar-refractivity contribution in [3.05, 3.63) is 0 Å². The third-order valence-electron chi connectivity index (χ3n) is 2.08. The summed E-state index contributed by atoms with van der Waals surface area (Å²) in [6.45, 7) is 0.396. The van der Waals surface area contributed by atoms with Crippen LogP contribution in [0.5, 0.6) is 0 Å². The molecule has 16 heavy (non-hydrogen) atoms. The molecule has 0 fully saturated rings. The molecule has 0 bridgehead atoms. The second-order valence-electron chi connectivity index (χ2n) is 3.74. The highest BCUT2D eigenvalue weighted by atomic mass is 32.2. The van der Waals surface area contributed by atoms with Crippen LogP contribution in [0, 0.1) is 0 Å². The van der Waals surface area contributed by atoms with E-state index in [1.807, 2.05) is 0 Å². The summed E-state index contributed by atoms with van der Waals surface area (Å²) in [5, 5.41) is 8.39. The molecule has 6 nitrogen and oxygen atoms in total. The first-order valence-corrected chi connectivity index (χ1v) is 6.69. The van der Waals surface area contributed by atoms with E-state index in [9.17, 15) is 13.2 Å². The van der Waals surface area contributed by atoms with Crippen molar-refractivity contribution in [3.8, 4) is 0 Å². The molecule has 0 unspecified atom stereocenters. The van der Waals surface area contributed by atoms with Crippen molar-refractivity contribution in [2.75, 3.05) is 20.6 Å². The number of carboxylic acid groups (broad SMARTS) is 1. The fraction of sp³-hybridized carbons (Fsp3) is 0.889. The van der Waals surface area contributed by atoms with E-state index in [-0.39, 0.29) is 6.42 Å². The van der Waals surface area contributed by atoms with E-state index in [1.165, 1.54) is 14.1 Å². The molecule has 96 valence electrons. The molecular weight excluding hydrogens is 232 g/mol. The van der Waals surface area contributed by atoms with Crippen LogP contribution in [-0.2, 0) is 15.0 Å². The van der Waals surface area contributed by atoms with Gasteiger partial charge in [0, 0.05) is 27.1 Å². The van der Waals surface area contributed by atoms with E-state index >= 15 is 0 Å². The minimum Gasteiger partial charge on any atom is -0.481 e. The van der Waals surface area contributed by atoms with Crippen molar-refractivity contribution in [2.24, 2.45) is 0 Å². The van der Waals surface area contributed by atoms with Crippen molar-refractivity contribution in [1.82, 2.24) is 9.03 Å². The smallest absolute Gasteiger partial charge is 0.303 e. The average Bonchev–Trinajstić information content (AvgIpc) is 2.15. The number of rotatable bonds is 9. The van der Waals surface area contributed by atoms with E-state index in [1.54, 1.807) is 0 Å². The SMILES string of the molecule is CN(C)S(=O)(=O)NCCCCCCC(=O)O. The van der Waals surface area contributed by atoms with Crippen LogP contribution in [0.2, 0.25) is 0 Å². The van der Waals surface area contributed by atoms with E-state index < -0.39 is 16.2 Å². The van der Waals surface area contributed by atoms with Crippen LogP contribution >= 0.6 is 0 Å². The molecule has 0 heterocycles. The maximum atomic E-state index is 11.2. The van der Waals surface area contributed by atoms with Crippen LogP contribution in [0.15, 0.2) is 0 Å². The lowest BCUT2D eigenvalue weighted by molar-refractivity contribution is -0.137. The Labute approximate surface area is 96.8 Å². The van der Waals surface area contributed by atoms with Crippen LogP contribution in [0.3, 0.4) is 0 Å². The maximum Gasteiger partial charge on any atom is 0.303 e. The van der Waals surface area contributed by atoms with Crippen molar-refractivity contribution < 1.29 is 18.3 Å².